The molecule has 2 fully saturated rings. The van der Waals surface area contributed by atoms with Gasteiger partial charge in [0.05, 0.1) is 29.7 Å². The molecule has 2 heterocycles. The highest BCUT2D eigenvalue weighted by Gasteiger charge is 2.43. The van der Waals surface area contributed by atoms with E-state index in [0.717, 1.165) is 6.07 Å². The number of nitriles is 1. The van der Waals surface area contributed by atoms with Crippen molar-refractivity contribution in [2.24, 2.45) is 17.8 Å². The number of nitrogens with one attached hydrogen (secondary N) is 2. The van der Waals surface area contributed by atoms with Gasteiger partial charge in [0.25, 0.3) is 0 Å². The fourth-order valence-corrected chi connectivity index (χ4v) is 5.06. The van der Waals surface area contributed by atoms with E-state index in [-0.39, 0.29) is 29.7 Å². The Hall–Kier alpha value is -3.00. The lowest BCUT2D eigenvalue weighted by Crippen LogP contribution is -2.47. The fraction of sp³-hybridized carbons (Fsp3) is 0.625. The van der Waals surface area contributed by atoms with Crippen LogP contribution in [0.3, 0.4) is 0 Å². The zero-order valence-electron chi connectivity index (χ0n) is 20.0. The van der Waals surface area contributed by atoms with Crippen LogP contribution in [-0.4, -0.2) is 69.8 Å². The SMILES string of the molecule is CCNC(=O)[C@@H]1CN(c2ccc(C#N)c(C(F)(F)F)c2)C[C@H]1C1CCN(C(=O)NCCOC)CC1. The predicted molar refractivity (Wildman–Crippen MR) is 124 cm³/mol. The van der Waals surface area contributed by atoms with Gasteiger partial charge in [-0.15, -0.1) is 0 Å². The van der Waals surface area contributed by atoms with E-state index in [0.29, 0.717) is 64.4 Å². The molecule has 0 spiro atoms. The van der Waals surface area contributed by atoms with Crippen LogP contribution in [-0.2, 0) is 15.7 Å². The highest BCUT2D eigenvalue weighted by molar-refractivity contribution is 5.80. The molecule has 192 valence electrons. The van der Waals surface area contributed by atoms with Gasteiger partial charge in [0.15, 0.2) is 0 Å². The van der Waals surface area contributed by atoms with Crippen molar-refractivity contribution >= 4 is 17.6 Å². The fourth-order valence-electron chi connectivity index (χ4n) is 5.06. The molecule has 0 aliphatic carbocycles. The standard InChI is InChI=1S/C24H32F3N5O3/c1-3-29-22(33)20-15-32(18-5-4-17(13-28)21(12-18)24(25,26)27)14-19(20)16-6-9-31(10-7-16)23(34)30-8-11-35-2/h4-5,12,16,19-20H,3,6-11,14-15H2,1-2H3,(H,29,33)(H,30,34)/t19-,20+/m0/s1. The number of amides is 3. The molecule has 3 amide bonds. The predicted octanol–water partition coefficient (Wildman–Crippen LogP) is 2.83. The molecular weight excluding hydrogens is 463 g/mol. The van der Waals surface area contributed by atoms with Crippen molar-refractivity contribution in [1.82, 2.24) is 15.5 Å². The molecule has 11 heteroatoms. The summed E-state index contributed by atoms with van der Waals surface area (Å²) >= 11 is 0. The number of ether oxygens (including phenoxy) is 1. The number of carbonyl (C=O) groups excluding carboxylic acids is 2. The number of hydrogen-bond donors (Lipinski definition) is 2. The molecule has 3 rings (SSSR count). The maximum absolute atomic E-state index is 13.5. The summed E-state index contributed by atoms with van der Waals surface area (Å²) in [5.41, 5.74) is -1.04. The summed E-state index contributed by atoms with van der Waals surface area (Å²) in [7, 11) is 1.56. The summed E-state index contributed by atoms with van der Waals surface area (Å²) < 4.78 is 45.4. The van der Waals surface area contributed by atoms with E-state index >= 15 is 0 Å². The molecule has 2 atom stereocenters. The second-order valence-corrected chi connectivity index (χ2v) is 8.96. The summed E-state index contributed by atoms with van der Waals surface area (Å²) in [6.07, 6.45) is -3.21. The van der Waals surface area contributed by atoms with Crippen LogP contribution in [0.4, 0.5) is 23.7 Å². The lowest BCUT2D eigenvalue weighted by molar-refractivity contribution is -0.137. The number of hydrogen-bond acceptors (Lipinski definition) is 5. The summed E-state index contributed by atoms with van der Waals surface area (Å²) in [5, 5.41) is 14.8. The van der Waals surface area contributed by atoms with Gasteiger partial charge in [0.1, 0.15) is 0 Å². The van der Waals surface area contributed by atoms with Gasteiger partial charge in [-0.25, -0.2) is 4.79 Å². The molecule has 2 aliphatic rings. The van der Waals surface area contributed by atoms with Gasteiger partial charge in [-0.1, -0.05) is 0 Å². The number of anilines is 1. The minimum atomic E-state index is -4.64. The van der Waals surface area contributed by atoms with E-state index in [1.165, 1.54) is 12.1 Å². The second kappa shape index (κ2) is 11.6. The topological polar surface area (TPSA) is 97.7 Å². The maximum atomic E-state index is 13.5. The third-order valence-corrected chi connectivity index (χ3v) is 6.86. The normalized spacial score (nSPS) is 21.0. The molecule has 0 radical (unpaired) electrons. The Kier molecular flexibility index (Phi) is 8.83. The number of piperidine rings is 1. The largest absolute Gasteiger partial charge is 0.417 e. The van der Waals surface area contributed by atoms with Gasteiger partial charge in [-0.2, -0.15) is 18.4 Å². The quantitative estimate of drug-likeness (QED) is 0.567. The number of halogens is 3. The molecule has 2 N–H and O–H groups in total. The number of carbonyl (C=O) groups is 2. The van der Waals surface area contributed by atoms with E-state index in [9.17, 15) is 22.8 Å². The lowest BCUT2D eigenvalue weighted by Gasteiger charge is -2.36. The first-order valence-electron chi connectivity index (χ1n) is 11.8. The van der Waals surface area contributed by atoms with Crippen molar-refractivity contribution in [2.45, 2.75) is 25.9 Å². The van der Waals surface area contributed by atoms with Crippen LogP contribution in [0.5, 0.6) is 0 Å². The van der Waals surface area contributed by atoms with Crippen LogP contribution < -0.4 is 15.5 Å². The summed E-state index contributed by atoms with van der Waals surface area (Å²) in [4.78, 5) is 28.8. The highest BCUT2D eigenvalue weighted by Crippen LogP contribution is 2.40. The first kappa shape index (κ1) is 26.6. The third-order valence-electron chi connectivity index (χ3n) is 6.86. The Bertz CT molecular complexity index is 941. The molecule has 0 unspecified atom stereocenters. The number of nitrogens with zero attached hydrogens (tertiary/aromatic N) is 3. The first-order chi connectivity index (χ1) is 16.7. The molecule has 1 aromatic rings. The Balaban J connectivity index is 1.74. The van der Waals surface area contributed by atoms with Crippen LogP contribution in [0.1, 0.15) is 30.9 Å². The third kappa shape index (κ3) is 6.36. The molecular formula is C24H32F3N5O3. The molecule has 0 bridgehead atoms. The number of benzene rings is 1. The summed E-state index contributed by atoms with van der Waals surface area (Å²) in [5.74, 6) is -0.363. The minimum absolute atomic E-state index is 0.0507. The zero-order chi connectivity index (χ0) is 25.6. The second-order valence-electron chi connectivity index (χ2n) is 8.96. The molecule has 0 saturated carbocycles. The minimum Gasteiger partial charge on any atom is -0.383 e. The average Bonchev–Trinajstić information content (AvgIpc) is 3.29. The average molecular weight is 496 g/mol. The van der Waals surface area contributed by atoms with E-state index in [2.05, 4.69) is 10.6 Å². The molecule has 8 nitrogen and oxygen atoms in total. The van der Waals surface area contributed by atoms with Gasteiger partial charge in [0, 0.05) is 52.1 Å². The Morgan fingerprint density at radius 3 is 2.51 bits per heavy atom. The van der Waals surface area contributed by atoms with Crippen LogP contribution in [0, 0.1) is 29.1 Å². The van der Waals surface area contributed by atoms with Gasteiger partial charge in [0.2, 0.25) is 5.91 Å². The molecule has 2 saturated heterocycles. The van der Waals surface area contributed by atoms with E-state index in [1.54, 1.807) is 18.1 Å². The van der Waals surface area contributed by atoms with E-state index in [4.69, 9.17) is 10.00 Å². The van der Waals surface area contributed by atoms with Crippen molar-refractivity contribution in [3.63, 3.8) is 0 Å². The number of methoxy groups -OCH3 is 1. The molecule has 35 heavy (non-hydrogen) atoms. The summed E-state index contributed by atoms with van der Waals surface area (Å²) in [6, 6.07) is 5.16. The molecule has 1 aromatic carbocycles. The number of rotatable bonds is 7. The van der Waals surface area contributed by atoms with Crippen LogP contribution in [0.2, 0.25) is 0 Å². The van der Waals surface area contributed by atoms with E-state index < -0.39 is 17.3 Å². The van der Waals surface area contributed by atoms with Crippen molar-refractivity contribution in [3.05, 3.63) is 29.3 Å². The highest BCUT2D eigenvalue weighted by atomic mass is 19.4. The monoisotopic (exact) mass is 495 g/mol. The van der Waals surface area contributed by atoms with Gasteiger partial charge >= 0.3 is 12.2 Å². The van der Waals surface area contributed by atoms with Crippen molar-refractivity contribution < 1.29 is 27.5 Å². The molecule has 0 aromatic heterocycles. The Morgan fingerprint density at radius 2 is 1.91 bits per heavy atom. The van der Waals surface area contributed by atoms with E-state index in [1.807, 2.05) is 11.8 Å². The van der Waals surface area contributed by atoms with Crippen LogP contribution >= 0.6 is 0 Å². The van der Waals surface area contributed by atoms with Gasteiger partial charge < -0.3 is 25.2 Å². The lowest BCUT2D eigenvalue weighted by atomic mass is 9.78. The van der Waals surface area contributed by atoms with Crippen molar-refractivity contribution in [1.29, 1.82) is 5.26 Å². The Morgan fingerprint density at radius 1 is 1.20 bits per heavy atom. The van der Waals surface area contributed by atoms with Crippen molar-refractivity contribution in [2.75, 3.05) is 57.9 Å². The Labute approximate surface area is 203 Å². The van der Waals surface area contributed by atoms with Crippen LogP contribution in [0.25, 0.3) is 0 Å². The van der Waals surface area contributed by atoms with Crippen LogP contribution in [0.15, 0.2) is 18.2 Å². The number of likely N-dealkylation sites (tertiary alicyclic amines) is 1. The smallest absolute Gasteiger partial charge is 0.383 e. The maximum Gasteiger partial charge on any atom is 0.417 e. The number of urea groups is 1. The summed E-state index contributed by atoms with van der Waals surface area (Å²) in [6.45, 7) is 5.01. The zero-order valence-corrected chi connectivity index (χ0v) is 20.0. The molecule has 2 aliphatic heterocycles. The van der Waals surface area contributed by atoms with Gasteiger partial charge in [-0.05, 0) is 49.8 Å². The first-order valence-corrected chi connectivity index (χ1v) is 11.8. The van der Waals surface area contributed by atoms with Crippen molar-refractivity contribution in [3.8, 4) is 6.07 Å². The van der Waals surface area contributed by atoms with Gasteiger partial charge in [-0.3, -0.25) is 4.79 Å². The number of alkyl halides is 3.